The smallest absolute Gasteiger partial charge is 0.178 e. The average Bonchev–Trinajstić information content (AvgIpc) is 3.48. The second kappa shape index (κ2) is 8.08. The molecule has 1 aromatic carbocycles. The number of pyridine rings is 3. The van der Waals surface area contributed by atoms with E-state index in [1.165, 1.54) is 0 Å². The Kier molecular flexibility index (Phi) is 4.76. The van der Waals surface area contributed by atoms with Crippen LogP contribution in [0.3, 0.4) is 0 Å². The molecule has 0 saturated carbocycles. The van der Waals surface area contributed by atoms with Gasteiger partial charge < -0.3 is 10.3 Å². The Morgan fingerprint density at radius 1 is 0.912 bits per heavy atom. The number of H-pyrrole nitrogens is 2. The number of rotatable bonds is 5. The van der Waals surface area contributed by atoms with Crippen LogP contribution in [0.2, 0.25) is 0 Å². The van der Waals surface area contributed by atoms with Crippen molar-refractivity contribution in [3.63, 3.8) is 0 Å². The van der Waals surface area contributed by atoms with Gasteiger partial charge in [-0.15, -0.1) is 0 Å². The number of hydrogen-bond donors (Lipinski definition) is 3. The van der Waals surface area contributed by atoms with Crippen molar-refractivity contribution in [2.24, 2.45) is 0 Å². The van der Waals surface area contributed by atoms with Gasteiger partial charge in [-0.1, -0.05) is 12.1 Å². The third-order valence-corrected chi connectivity index (χ3v) is 5.65. The number of fused-ring (bicyclic) bond motifs is 2. The van der Waals surface area contributed by atoms with Crippen molar-refractivity contribution >= 4 is 27.8 Å². The summed E-state index contributed by atoms with van der Waals surface area (Å²) in [4.78, 5) is 21.5. The first-order valence-electron chi connectivity index (χ1n) is 11.1. The standard InChI is InChI=1S/C26H22N8/c1-15(2)30-18-11-17(13-27-14-18)16-6-7-22-20(12-16)24(34-33-22)26-31-23-19(8-10-29-25(23)32-26)21-5-3-4-9-28-21/h3-15,30H,1-2H3,(H,33,34)(H,29,31,32). The molecule has 0 spiro atoms. The monoisotopic (exact) mass is 446 g/mol. The van der Waals surface area contributed by atoms with Crippen LogP contribution in [-0.2, 0) is 0 Å². The normalized spacial score (nSPS) is 11.5. The van der Waals surface area contributed by atoms with Crippen LogP contribution < -0.4 is 5.32 Å². The molecule has 0 aliphatic carbocycles. The molecule has 5 aromatic heterocycles. The minimum atomic E-state index is 0.331. The highest BCUT2D eigenvalue weighted by molar-refractivity contribution is 5.97. The molecule has 0 radical (unpaired) electrons. The van der Waals surface area contributed by atoms with E-state index in [9.17, 15) is 0 Å². The van der Waals surface area contributed by atoms with Crippen LogP contribution in [-0.4, -0.2) is 41.2 Å². The molecule has 0 aliphatic rings. The summed E-state index contributed by atoms with van der Waals surface area (Å²) in [5.41, 5.74) is 8.02. The van der Waals surface area contributed by atoms with Gasteiger partial charge in [-0.2, -0.15) is 5.10 Å². The summed E-state index contributed by atoms with van der Waals surface area (Å²) >= 11 is 0. The molecule has 0 saturated heterocycles. The molecule has 6 rings (SSSR count). The molecule has 5 heterocycles. The van der Waals surface area contributed by atoms with E-state index in [2.05, 4.69) is 67.5 Å². The first-order chi connectivity index (χ1) is 16.7. The summed E-state index contributed by atoms with van der Waals surface area (Å²) in [7, 11) is 0. The van der Waals surface area contributed by atoms with E-state index in [0.717, 1.165) is 50.2 Å². The lowest BCUT2D eigenvalue weighted by atomic mass is 10.0. The van der Waals surface area contributed by atoms with Crippen molar-refractivity contribution < 1.29 is 0 Å². The Balaban J connectivity index is 1.45. The number of benzene rings is 1. The van der Waals surface area contributed by atoms with Gasteiger partial charge in [0.15, 0.2) is 11.5 Å². The van der Waals surface area contributed by atoms with Crippen LogP contribution in [0, 0.1) is 0 Å². The number of hydrogen-bond acceptors (Lipinski definition) is 6. The zero-order valence-corrected chi connectivity index (χ0v) is 18.7. The molecule has 0 bridgehead atoms. The van der Waals surface area contributed by atoms with Crippen molar-refractivity contribution in [1.82, 2.24) is 35.1 Å². The largest absolute Gasteiger partial charge is 0.382 e. The lowest BCUT2D eigenvalue weighted by molar-refractivity contribution is 0.898. The second-order valence-corrected chi connectivity index (χ2v) is 8.45. The summed E-state index contributed by atoms with van der Waals surface area (Å²) in [6, 6.07) is 16.4. The maximum absolute atomic E-state index is 4.74. The van der Waals surface area contributed by atoms with Gasteiger partial charge in [0.1, 0.15) is 5.69 Å². The Morgan fingerprint density at radius 3 is 2.71 bits per heavy atom. The van der Waals surface area contributed by atoms with E-state index >= 15 is 0 Å². The lowest BCUT2D eigenvalue weighted by Gasteiger charge is -2.11. The van der Waals surface area contributed by atoms with Crippen molar-refractivity contribution in [2.45, 2.75) is 19.9 Å². The maximum atomic E-state index is 4.74. The molecular weight excluding hydrogens is 424 g/mol. The van der Waals surface area contributed by atoms with Crippen molar-refractivity contribution in [1.29, 1.82) is 0 Å². The van der Waals surface area contributed by atoms with Gasteiger partial charge in [-0.05, 0) is 55.8 Å². The molecular formula is C26H22N8. The van der Waals surface area contributed by atoms with Crippen molar-refractivity contribution in [3.8, 4) is 33.9 Å². The van der Waals surface area contributed by atoms with Crippen LogP contribution >= 0.6 is 0 Å². The maximum Gasteiger partial charge on any atom is 0.178 e. The van der Waals surface area contributed by atoms with Crippen LogP contribution in [0.15, 0.2) is 73.3 Å². The summed E-state index contributed by atoms with van der Waals surface area (Å²) in [5.74, 6) is 0.655. The molecule has 0 atom stereocenters. The molecule has 166 valence electrons. The number of imidazole rings is 1. The van der Waals surface area contributed by atoms with Gasteiger partial charge in [0.05, 0.1) is 22.4 Å². The zero-order chi connectivity index (χ0) is 23.1. The van der Waals surface area contributed by atoms with Gasteiger partial charge in [0.25, 0.3) is 0 Å². The van der Waals surface area contributed by atoms with E-state index in [1.807, 2.05) is 42.7 Å². The van der Waals surface area contributed by atoms with Crippen LogP contribution in [0.25, 0.3) is 56.0 Å². The molecule has 0 amide bonds. The van der Waals surface area contributed by atoms with Gasteiger partial charge in [0.2, 0.25) is 0 Å². The fraction of sp³-hybridized carbons (Fsp3) is 0.115. The summed E-state index contributed by atoms with van der Waals surface area (Å²) < 4.78 is 0. The number of aromatic nitrogens is 7. The predicted molar refractivity (Wildman–Crippen MR) is 134 cm³/mol. The van der Waals surface area contributed by atoms with Gasteiger partial charge in [-0.3, -0.25) is 15.1 Å². The SMILES string of the molecule is CC(C)Nc1cncc(-c2ccc3[nH]nc(-c4nc5nccc(-c6ccccn6)c5[nH]4)c3c2)c1. The fourth-order valence-electron chi connectivity index (χ4n) is 4.14. The highest BCUT2D eigenvalue weighted by Gasteiger charge is 2.16. The highest BCUT2D eigenvalue weighted by Crippen LogP contribution is 2.32. The minimum Gasteiger partial charge on any atom is -0.382 e. The fourth-order valence-corrected chi connectivity index (χ4v) is 4.14. The van der Waals surface area contributed by atoms with Gasteiger partial charge in [-0.25, -0.2) is 9.97 Å². The third kappa shape index (κ3) is 3.55. The molecule has 34 heavy (non-hydrogen) atoms. The lowest BCUT2D eigenvalue weighted by Crippen LogP contribution is -2.09. The molecule has 0 fully saturated rings. The van der Waals surface area contributed by atoms with Gasteiger partial charge >= 0.3 is 0 Å². The molecule has 6 aromatic rings. The van der Waals surface area contributed by atoms with E-state index < -0.39 is 0 Å². The van der Waals surface area contributed by atoms with E-state index in [1.54, 1.807) is 12.4 Å². The topological polar surface area (TPSA) is 108 Å². The predicted octanol–water partition coefficient (Wildman–Crippen LogP) is 5.45. The Bertz CT molecular complexity index is 1610. The first-order valence-corrected chi connectivity index (χ1v) is 11.1. The Labute approximate surface area is 195 Å². The molecule has 3 N–H and O–H groups in total. The number of nitrogens with zero attached hydrogens (tertiary/aromatic N) is 5. The minimum absolute atomic E-state index is 0.331. The summed E-state index contributed by atoms with van der Waals surface area (Å²) in [6.45, 7) is 4.22. The van der Waals surface area contributed by atoms with Crippen LogP contribution in [0.1, 0.15) is 13.8 Å². The van der Waals surface area contributed by atoms with E-state index in [0.29, 0.717) is 17.5 Å². The third-order valence-electron chi connectivity index (χ3n) is 5.65. The van der Waals surface area contributed by atoms with Gasteiger partial charge in [0, 0.05) is 47.3 Å². The number of anilines is 1. The van der Waals surface area contributed by atoms with Crippen LogP contribution in [0.5, 0.6) is 0 Å². The Hall–Kier alpha value is -4.59. The second-order valence-electron chi connectivity index (χ2n) is 8.45. The van der Waals surface area contributed by atoms with E-state index in [4.69, 9.17) is 4.98 Å². The summed E-state index contributed by atoms with van der Waals surface area (Å²) in [5, 5.41) is 12.1. The van der Waals surface area contributed by atoms with Crippen molar-refractivity contribution in [2.75, 3.05) is 5.32 Å². The molecule has 0 aliphatic heterocycles. The molecule has 8 heteroatoms. The molecule has 8 nitrogen and oxygen atoms in total. The quantitative estimate of drug-likeness (QED) is 0.325. The number of aromatic amines is 2. The zero-order valence-electron chi connectivity index (χ0n) is 18.7. The highest BCUT2D eigenvalue weighted by atomic mass is 15.1. The molecule has 0 unspecified atom stereocenters. The van der Waals surface area contributed by atoms with Crippen molar-refractivity contribution in [3.05, 3.63) is 73.3 Å². The van der Waals surface area contributed by atoms with E-state index in [-0.39, 0.29) is 0 Å². The average molecular weight is 447 g/mol. The Morgan fingerprint density at radius 2 is 1.85 bits per heavy atom. The summed E-state index contributed by atoms with van der Waals surface area (Å²) in [6.07, 6.45) is 7.24. The van der Waals surface area contributed by atoms with Crippen LogP contribution in [0.4, 0.5) is 5.69 Å². The first kappa shape index (κ1) is 20.0. The number of nitrogens with one attached hydrogen (secondary N) is 3.